The number of nitrogens with zero attached hydrogens (tertiary/aromatic N) is 2. The Bertz CT molecular complexity index is 763. The van der Waals surface area contributed by atoms with Gasteiger partial charge in [0.2, 0.25) is 0 Å². The van der Waals surface area contributed by atoms with E-state index in [1.165, 1.54) is 23.4 Å². The lowest BCUT2D eigenvalue weighted by Crippen LogP contribution is -1.99. The summed E-state index contributed by atoms with van der Waals surface area (Å²) in [6, 6.07) is 7.89. The van der Waals surface area contributed by atoms with E-state index in [4.69, 9.17) is 9.47 Å². The van der Waals surface area contributed by atoms with Gasteiger partial charge in [0.05, 0.1) is 25.5 Å². The molecule has 0 saturated heterocycles. The first-order valence-corrected chi connectivity index (χ1v) is 8.39. The van der Waals surface area contributed by atoms with E-state index in [1.54, 1.807) is 25.6 Å². The Labute approximate surface area is 140 Å². The molecule has 0 atom stereocenters. The lowest BCUT2D eigenvalue weighted by Gasteiger charge is -2.07. The fraction of sp³-hybridized carbons (Fsp3) is 0.333. The third-order valence-corrected chi connectivity index (χ3v) is 5.11. The van der Waals surface area contributed by atoms with E-state index in [2.05, 4.69) is 11.1 Å². The largest absolute Gasteiger partial charge is 0.493 e. The van der Waals surface area contributed by atoms with Gasteiger partial charge in [0, 0.05) is 4.88 Å². The zero-order valence-corrected chi connectivity index (χ0v) is 14.1. The highest BCUT2D eigenvalue weighted by molar-refractivity contribution is 7.13. The Hall–Kier alpha value is -2.32. The summed E-state index contributed by atoms with van der Waals surface area (Å²) in [5.74, 6) is 1.32. The molecule has 0 bridgehead atoms. The third kappa shape index (κ3) is 3.22. The number of aryl methyl sites for hydroxylation is 2. The molecule has 3 rings (SSSR count). The lowest BCUT2D eigenvalue weighted by molar-refractivity contribution is 0.355. The topological polar surface area (TPSA) is 55.1 Å². The van der Waals surface area contributed by atoms with Crippen LogP contribution in [0.4, 0.5) is 0 Å². The third-order valence-electron chi connectivity index (χ3n) is 3.92. The normalized spacial score (nSPS) is 14.0. The standard InChI is InChI=1S/C18H18N2O2S/c1-21-15-8-7-12(10-16(15)22-2)9-13(11-19)18-20-14-5-3-4-6-17(14)23-18/h7-10H,3-6H2,1-2H3/b13-9+. The number of hydrogen-bond donors (Lipinski definition) is 0. The Kier molecular flexibility index (Phi) is 4.63. The minimum absolute atomic E-state index is 0.594. The van der Waals surface area contributed by atoms with Crippen LogP contribution >= 0.6 is 11.3 Å². The zero-order valence-electron chi connectivity index (χ0n) is 13.3. The number of hydrogen-bond acceptors (Lipinski definition) is 5. The van der Waals surface area contributed by atoms with Gasteiger partial charge in [-0.3, -0.25) is 0 Å². The number of nitriles is 1. The van der Waals surface area contributed by atoms with Crippen molar-refractivity contribution in [1.29, 1.82) is 5.26 Å². The SMILES string of the molecule is COc1ccc(/C=C(\C#N)c2nc3c(s2)CCCC3)cc1OC. The molecule has 1 aromatic carbocycles. The van der Waals surface area contributed by atoms with Crippen molar-refractivity contribution in [3.63, 3.8) is 0 Å². The maximum Gasteiger partial charge on any atom is 0.161 e. The van der Waals surface area contributed by atoms with Crippen LogP contribution in [0, 0.1) is 11.3 Å². The average molecular weight is 326 g/mol. The van der Waals surface area contributed by atoms with Gasteiger partial charge in [0.15, 0.2) is 11.5 Å². The first-order chi connectivity index (χ1) is 11.2. The van der Waals surface area contributed by atoms with Crippen molar-refractivity contribution in [2.75, 3.05) is 14.2 Å². The van der Waals surface area contributed by atoms with Crippen LogP contribution in [0.1, 0.15) is 34.0 Å². The van der Waals surface area contributed by atoms with Gasteiger partial charge >= 0.3 is 0 Å². The van der Waals surface area contributed by atoms with Crippen molar-refractivity contribution < 1.29 is 9.47 Å². The summed E-state index contributed by atoms with van der Waals surface area (Å²) in [6.45, 7) is 0. The Balaban J connectivity index is 1.96. The second-order valence-corrected chi connectivity index (χ2v) is 6.46. The van der Waals surface area contributed by atoms with Crippen LogP contribution in [0.5, 0.6) is 11.5 Å². The highest BCUT2D eigenvalue weighted by Crippen LogP contribution is 2.32. The molecule has 0 fully saturated rings. The van der Waals surface area contributed by atoms with E-state index in [0.29, 0.717) is 17.1 Å². The number of rotatable bonds is 4. The predicted octanol–water partition coefficient (Wildman–Crippen LogP) is 4.10. The first kappa shape index (κ1) is 15.6. The minimum Gasteiger partial charge on any atom is -0.493 e. The van der Waals surface area contributed by atoms with Crippen molar-refractivity contribution in [1.82, 2.24) is 4.98 Å². The molecule has 0 amide bonds. The summed E-state index contributed by atoms with van der Waals surface area (Å²) in [6.07, 6.45) is 6.38. The van der Waals surface area contributed by atoms with Crippen molar-refractivity contribution in [3.05, 3.63) is 39.3 Å². The number of methoxy groups -OCH3 is 2. The molecule has 2 aromatic rings. The molecule has 0 saturated carbocycles. The summed E-state index contributed by atoms with van der Waals surface area (Å²) >= 11 is 1.65. The number of thiazole rings is 1. The fourth-order valence-electron chi connectivity index (χ4n) is 2.72. The molecule has 0 radical (unpaired) electrons. The second kappa shape index (κ2) is 6.84. The highest BCUT2D eigenvalue weighted by Gasteiger charge is 2.17. The van der Waals surface area contributed by atoms with Crippen LogP contribution < -0.4 is 9.47 Å². The van der Waals surface area contributed by atoms with Gasteiger partial charge in [-0.1, -0.05) is 6.07 Å². The van der Waals surface area contributed by atoms with Gasteiger partial charge in [-0.25, -0.2) is 4.98 Å². The number of ether oxygens (including phenoxy) is 2. The average Bonchev–Trinajstić information content (AvgIpc) is 3.03. The van der Waals surface area contributed by atoms with Crippen LogP contribution in [0.25, 0.3) is 11.6 Å². The number of fused-ring (bicyclic) bond motifs is 1. The van der Waals surface area contributed by atoms with Crippen molar-refractivity contribution >= 4 is 23.0 Å². The Morgan fingerprint density at radius 1 is 1.22 bits per heavy atom. The van der Waals surface area contributed by atoms with Crippen molar-refractivity contribution in [2.24, 2.45) is 0 Å². The fourth-order valence-corrected chi connectivity index (χ4v) is 3.83. The maximum absolute atomic E-state index is 9.52. The second-order valence-electron chi connectivity index (χ2n) is 5.38. The molecule has 0 spiro atoms. The number of allylic oxidation sites excluding steroid dienone is 1. The molecule has 4 nitrogen and oxygen atoms in total. The van der Waals surface area contributed by atoms with E-state index < -0.39 is 0 Å². The molecule has 0 N–H and O–H groups in total. The van der Waals surface area contributed by atoms with Crippen molar-refractivity contribution in [2.45, 2.75) is 25.7 Å². The monoisotopic (exact) mass is 326 g/mol. The van der Waals surface area contributed by atoms with Gasteiger partial charge in [0.25, 0.3) is 0 Å². The summed E-state index contributed by atoms with van der Waals surface area (Å²) < 4.78 is 10.6. The molecule has 1 aromatic heterocycles. The Morgan fingerprint density at radius 2 is 2.00 bits per heavy atom. The van der Waals surface area contributed by atoms with Crippen LogP contribution in [0.3, 0.4) is 0 Å². The van der Waals surface area contributed by atoms with Crippen LogP contribution in [0.15, 0.2) is 18.2 Å². The molecule has 0 aliphatic heterocycles. The predicted molar refractivity (Wildman–Crippen MR) is 91.8 cm³/mol. The van der Waals surface area contributed by atoms with E-state index in [-0.39, 0.29) is 0 Å². The van der Waals surface area contributed by atoms with E-state index in [9.17, 15) is 5.26 Å². The quantitative estimate of drug-likeness (QED) is 0.794. The summed E-state index contributed by atoms with van der Waals surface area (Å²) in [7, 11) is 3.21. The maximum atomic E-state index is 9.52. The van der Waals surface area contributed by atoms with Gasteiger partial charge < -0.3 is 9.47 Å². The van der Waals surface area contributed by atoms with Gasteiger partial charge in [-0.05, 0) is 49.5 Å². The smallest absolute Gasteiger partial charge is 0.161 e. The minimum atomic E-state index is 0.594. The van der Waals surface area contributed by atoms with Crippen LogP contribution in [0.2, 0.25) is 0 Å². The molecule has 23 heavy (non-hydrogen) atoms. The van der Waals surface area contributed by atoms with Gasteiger partial charge in [-0.15, -0.1) is 11.3 Å². The molecular formula is C18H18N2O2S. The summed E-state index contributed by atoms with van der Waals surface area (Å²) in [4.78, 5) is 6.00. The van der Waals surface area contributed by atoms with Gasteiger partial charge in [0.1, 0.15) is 11.1 Å². The first-order valence-electron chi connectivity index (χ1n) is 7.58. The zero-order chi connectivity index (χ0) is 16.2. The molecule has 118 valence electrons. The highest BCUT2D eigenvalue weighted by atomic mass is 32.1. The summed E-state index contributed by atoms with van der Waals surface area (Å²) in [5.41, 5.74) is 2.66. The number of aromatic nitrogens is 1. The van der Waals surface area contributed by atoms with Crippen LogP contribution in [-0.4, -0.2) is 19.2 Å². The number of benzene rings is 1. The van der Waals surface area contributed by atoms with E-state index >= 15 is 0 Å². The van der Waals surface area contributed by atoms with Crippen LogP contribution in [-0.2, 0) is 12.8 Å². The van der Waals surface area contributed by atoms with Crippen molar-refractivity contribution in [3.8, 4) is 17.6 Å². The molecule has 1 heterocycles. The summed E-state index contributed by atoms with van der Waals surface area (Å²) in [5, 5.41) is 10.3. The lowest BCUT2D eigenvalue weighted by atomic mass is 10.0. The molecular weight excluding hydrogens is 308 g/mol. The van der Waals surface area contributed by atoms with Gasteiger partial charge in [-0.2, -0.15) is 5.26 Å². The van der Waals surface area contributed by atoms with E-state index in [1.807, 2.05) is 24.3 Å². The molecule has 5 heteroatoms. The van der Waals surface area contributed by atoms with E-state index in [0.717, 1.165) is 23.4 Å². The molecule has 1 aliphatic rings. The molecule has 0 unspecified atom stereocenters. The molecule has 1 aliphatic carbocycles. The Morgan fingerprint density at radius 3 is 2.70 bits per heavy atom.